The van der Waals surface area contributed by atoms with Crippen LogP contribution in [0.2, 0.25) is 0 Å². The van der Waals surface area contributed by atoms with Crippen LogP contribution in [0.3, 0.4) is 0 Å². The fourth-order valence-corrected chi connectivity index (χ4v) is 7.29. The normalized spacial score (nSPS) is 30.8. The highest BCUT2D eigenvalue weighted by Gasteiger charge is 2.80. The second-order valence-electron chi connectivity index (χ2n) is 12.1. The molecule has 3 aliphatic rings. The molecule has 0 aromatic heterocycles. The van der Waals surface area contributed by atoms with Gasteiger partial charge in [0.25, 0.3) is 0 Å². The van der Waals surface area contributed by atoms with Crippen molar-refractivity contribution in [2.75, 3.05) is 18.5 Å². The predicted molar refractivity (Wildman–Crippen MR) is 154 cm³/mol. The third-order valence-corrected chi connectivity index (χ3v) is 9.07. The van der Waals surface area contributed by atoms with Gasteiger partial charge in [0.05, 0.1) is 36.7 Å². The average molecular weight is 564 g/mol. The molecule has 41 heavy (non-hydrogen) atoms. The zero-order chi connectivity index (χ0) is 29.5. The lowest BCUT2D eigenvalue weighted by molar-refractivity contribution is -0.150. The van der Waals surface area contributed by atoms with E-state index < -0.39 is 35.1 Å². The molecule has 220 valence electrons. The molecule has 3 heterocycles. The number of hydrogen-bond donors (Lipinski definition) is 3. The lowest BCUT2D eigenvalue weighted by Crippen LogP contribution is -2.59. The van der Waals surface area contributed by atoms with Gasteiger partial charge in [0, 0.05) is 11.7 Å². The van der Waals surface area contributed by atoms with E-state index in [0.29, 0.717) is 30.9 Å². The Bertz CT molecular complexity index is 1280. The molecular formula is C32H41N3O6. The topological polar surface area (TPSA) is 117 Å². The Hall–Kier alpha value is -3.43. The Balaban J connectivity index is 1.53. The largest absolute Gasteiger partial charge is 0.494 e. The highest BCUT2D eigenvalue weighted by Crippen LogP contribution is 2.65. The minimum absolute atomic E-state index is 0.0846. The Morgan fingerprint density at radius 3 is 2.41 bits per heavy atom. The molecular weight excluding hydrogens is 522 g/mol. The molecule has 7 atom stereocenters. The Labute approximate surface area is 241 Å². The number of likely N-dealkylation sites (tertiary alicyclic amines) is 1. The van der Waals surface area contributed by atoms with Crippen molar-refractivity contribution in [3.05, 3.63) is 60.2 Å². The van der Waals surface area contributed by atoms with E-state index in [1.165, 1.54) is 4.90 Å². The molecule has 9 nitrogen and oxygen atoms in total. The van der Waals surface area contributed by atoms with Crippen LogP contribution in [0, 0.1) is 17.8 Å². The number of rotatable bonds is 10. The second kappa shape index (κ2) is 11.1. The maximum atomic E-state index is 14.5. The zero-order valence-corrected chi connectivity index (χ0v) is 24.4. The van der Waals surface area contributed by atoms with E-state index in [0.717, 1.165) is 5.56 Å². The van der Waals surface area contributed by atoms with Crippen LogP contribution in [-0.2, 0) is 25.5 Å². The molecule has 3 amide bonds. The standard InChI is InChI=1S/C32H41N3O6/c1-6-40-24-14-12-22(13-15-24)34-28(37)25-26-30(39)35(23(18-36)16-21-10-8-7-9-11-21)27(29(38)33-19(2)3)32(26)17-20(4)31(25,5)41-32/h7-15,19-20,23,25-27,36H,6,16-18H2,1-5H3,(H,33,38)(H,34,37)/t20?,23-,25+,26+,27?,31-,32?/m1/s1. The number of aliphatic hydroxyl groups excluding tert-OH is 1. The van der Waals surface area contributed by atoms with Gasteiger partial charge in [0.1, 0.15) is 17.4 Å². The maximum absolute atomic E-state index is 14.5. The van der Waals surface area contributed by atoms with Crippen molar-refractivity contribution in [1.82, 2.24) is 10.2 Å². The number of nitrogens with zero attached hydrogens (tertiary/aromatic N) is 1. The number of hydrogen-bond acceptors (Lipinski definition) is 6. The minimum Gasteiger partial charge on any atom is -0.494 e. The molecule has 0 aliphatic carbocycles. The number of fused-ring (bicyclic) bond motifs is 1. The average Bonchev–Trinajstić information content (AvgIpc) is 3.45. The molecule has 0 radical (unpaired) electrons. The van der Waals surface area contributed by atoms with Gasteiger partial charge in [-0.15, -0.1) is 0 Å². The SMILES string of the molecule is CCOc1ccc(NC(=O)[C@@H]2[C@H]3C(=O)N([C@@H](CO)Cc4ccccc4)C(C(=O)NC(C)C)C34CC(C)[C@@]2(C)O4)cc1. The van der Waals surface area contributed by atoms with Crippen LogP contribution in [-0.4, -0.2) is 70.3 Å². The van der Waals surface area contributed by atoms with Crippen molar-refractivity contribution >= 4 is 23.4 Å². The molecule has 2 bridgehead atoms. The monoisotopic (exact) mass is 563 g/mol. The summed E-state index contributed by atoms with van der Waals surface area (Å²) in [6.45, 7) is 9.74. The fraction of sp³-hybridized carbons (Fsp3) is 0.531. The van der Waals surface area contributed by atoms with Gasteiger partial charge in [-0.25, -0.2) is 0 Å². The van der Waals surface area contributed by atoms with E-state index >= 15 is 0 Å². The second-order valence-corrected chi connectivity index (χ2v) is 12.1. The van der Waals surface area contributed by atoms with Crippen molar-refractivity contribution in [1.29, 1.82) is 0 Å². The van der Waals surface area contributed by atoms with Crippen molar-refractivity contribution in [3.8, 4) is 5.75 Å². The van der Waals surface area contributed by atoms with Gasteiger partial charge in [-0.05, 0) is 76.3 Å². The van der Waals surface area contributed by atoms with Crippen molar-refractivity contribution in [3.63, 3.8) is 0 Å². The molecule has 2 aromatic carbocycles. The molecule has 0 saturated carbocycles. The number of aliphatic hydroxyl groups is 1. The lowest BCUT2D eigenvalue weighted by atomic mass is 9.62. The fourth-order valence-electron chi connectivity index (χ4n) is 7.29. The van der Waals surface area contributed by atoms with E-state index in [-0.39, 0.29) is 36.3 Å². The number of carbonyl (C=O) groups is 3. The maximum Gasteiger partial charge on any atom is 0.246 e. The smallest absolute Gasteiger partial charge is 0.246 e. The summed E-state index contributed by atoms with van der Waals surface area (Å²) in [7, 11) is 0. The van der Waals surface area contributed by atoms with Crippen LogP contribution < -0.4 is 15.4 Å². The van der Waals surface area contributed by atoms with E-state index in [1.54, 1.807) is 24.3 Å². The van der Waals surface area contributed by atoms with Gasteiger partial charge in [-0.2, -0.15) is 0 Å². The first-order chi connectivity index (χ1) is 19.6. The zero-order valence-electron chi connectivity index (χ0n) is 24.4. The number of nitrogens with one attached hydrogen (secondary N) is 2. The summed E-state index contributed by atoms with van der Waals surface area (Å²) in [5.74, 6) is -2.05. The summed E-state index contributed by atoms with van der Waals surface area (Å²) in [5, 5.41) is 16.5. The highest BCUT2D eigenvalue weighted by atomic mass is 16.5. The first-order valence-electron chi connectivity index (χ1n) is 14.6. The van der Waals surface area contributed by atoms with Crippen LogP contribution in [0.15, 0.2) is 54.6 Å². The Kier molecular flexibility index (Phi) is 7.87. The summed E-state index contributed by atoms with van der Waals surface area (Å²) in [5.41, 5.74) is -0.603. The number of carbonyl (C=O) groups excluding carboxylic acids is 3. The Morgan fingerprint density at radius 1 is 1.12 bits per heavy atom. The Morgan fingerprint density at radius 2 is 1.80 bits per heavy atom. The third kappa shape index (κ3) is 4.89. The van der Waals surface area contributed by atoms with Crippen LogP contribution in [0.25, 0.3) is 0 Å². The van der Waals surface area contributed by atoms with Crippen LogP contribution in [0.5, 0.6) is 5.75 Å². The molecule has 3 fully saturated rings. The molecule has 3 N–H and O–H groups in total. The van der Waals surface area contributed by atoms with Crippen LogP contribution in [0.4, 0.5) is 5.69 Å². The number of anilines is 1. The molecule has 3 unspecified atom stereocenters. The molecule has 3 aliphatic heterocycles. The van der Waals surface area contributed by atoms with E-state index in [4.69, 9.17) is 9.47 Å². The van der Waals surface area contributed by atoms with E-state index in [2.05, 4.69) is 10.6 Å². The van der Waals surface area contributed by atoms with Crippen LogP contribution >= 0.6 is 0 Å². The summed E-state index contributed by atoms with van der Waals surface area (Å²) >= 11 is 0. The molecule has 9 heteroatoms. The van der Waals surface area contributed by atoms with Gasteiger partial charge in [-0.1, -0.05) is 37.3 Å². The molecule has 2 aromatic rings. The van der Waals surface area contributed by atoms with Gasteiger partial charge < -0.3 is 30.1 Å². The summed E-state index contributed by atoms with van der Waals surface area (Å²) in [6, 6.07) is 14.9. The lowest BCUT2D eigenvalue weighted by Gasteiger charge is -2.37. The minimum atomic E-state index is -1.19. The van der Waals surface area contributed by atoms with Crippen LogP contribution in [0.1, 0.15) is 46.6 Å². The van der Waals surface area contributed by atoms with E-state index in [1.807, 2.05) is 65.0 Å². The first-order valence-corrected chi connectivity index (χ1v) is 14.6. The first kappa shape index (κ1) is 29.1. The molecule has 1 spiro atoms. The van der Waals surface area contributed by atoms with Gasteiger partial charge in [-0.3, -0.25) is 14.4 Å². The molecule has 5 rings (SSSR count). The van der Waals surface area contributed by atoms with Gasteiger partial charge >= 0.3 is 0 Å². The van der Waals surface area contributed by atoms with E-state index in [9.17, 15) is 19.5 Å². The highest BCUT2D eigenvalue weighted by molar-refractivity contribution is 6.02. The number of benzene rings is 2. The number of ether oxygens (including phenoxy) is 2. The van der Waals surface area contributed by atoms with Crippen molar-refractivity contribution in [2.24, 2.45) is 17.8 Å². The predicted octanol–water partition coefficient (Wildman–Crippen LogP) is 3.16. The summed E-state index contributed by atoms with van der Waals surface area (Å²) in [6.07, 6.45) is 0.829. The quantitative estimate of drug-likeness (QED) is 0.409. The summed E-state index contributed by atoms with van der Waals surface area (Å²) in [4.78, 5) is 43.9. The van der Waals surface area contributed by atoms with Crippen molar-refractivity contribution in [2.45, 2.75) is 76.8 Å². The molecule has 3 saturated heterocycles. The van der Waals surface area contributed by atoms with Crippen molar-refractivity contribution < 1.29 is 29.0 Å². The summed E-state index contributed by atoms with van der Waals surface area (Å²) < 4.78 is 12.3. The number of amides is 3. The van der Waals surface area contributed by atoms with Gasteiger partial charge in [0.2, 0.25) is 17.7 Å². The third-order valence-electron chi connectivity index (χ3n) is 9.07. The van der Waals surface area contributed by atoms with Gasteiger partial charge in [0.15, 0.2) is 0 Å².